The van der Waals surface area contributed by atoms with Crippen molar-refractivity contribution in [1.29, 1.82) is 5.26 Å². The summed E-state index contributed by atoms with van der Waals surface area (Å²) in [6.45, 7) is 0. The number of methoxy groups -OCH3 is 1. The Balaban J connectivity index is 3.41. The van der Waals surface area contributed by atoms with Crippen molar-refractivity contribution in [1.82, 2.24) is 4.98 Å². The highest BCUT2D eigenvalue weighted by atomic mass is 127. The molecule has 1 aromatic heterocycles. The van der Waals surface area contributed by atoms with Crippen LogP contribution in [0.25, 0.3) is 0 Å². The predicted molar refractivity (Wildman–Crippen MR) is 53.2 cm³/mol. The molecule has 6 heteroatoms. The number of pyridine rings is 1. The van der Waals surface area contributed by atoms with Gasteiger partial charge in [-0.1, -0.05) is 0 Å². The number of hydrogen-bond acceptors (Lipinski definition) is 3. The molecule has 0 unspecified atom stereocenters. The minimum atomic E-state index is -2.70. The van der Waals surface area contributed by atoms with Gasteiger partial charge < -0.3 is 4.74 Å². The monoisotopic (exact) mass is 310 g/mol. The van der Waals surface area contributed by atoms with E-state index in [0.717, 1.165) is 0 Å². The molecule has 0 aliphatic heterocycles. The summed E-state index contributed by atoms with van der Waals surface area (Å²) in [5.74, 6) is -0.136. The van der Waals surface area contributed by atoms with Crippen LogP contribution in [0, 0.1) is 14.9 Å². The number of halogens is 3. The maximum Gasteiger partial charge on any atom is 0.270 e. The van der Waals surface area contributed by atoms with Crippen LogP contribution in [-0.2, 0) is 0 Å². The van der Waals surface area contributed by atoms with E-state index in [1.165, 1.54) is 13.3 Å². The topological polar surface area (TPSA) is 45.9 Å². The van der Waals surface area contributed by atoms with E-state index < -0.39 is 6.43 Å². The second-order valence-electron chi connectivity index (χ2n) is 2.32. The average molecular weight is 310 g/mol. The second kappa shape index (κ2) is 4.50. The van der Waals surface area contributed by atoms with Gasteiger partial charge >= 0.3 is 0 Å². The van der Waals surface area contributed by atoms with Crippen LogP contribution in [0.1, 0.15) is 17.6 Å². The Hall–Kier alpha value is -0.970. The molecule has 74 valence electrons. The first-order valence-electron chi connectivity index (χ1n) is 3.52. The summed E-state index contributed by atoms with van der Waals surface area (Å²) in [6.07, 6.45) is -1.48. The van der Waals surface area contributed by atoms with Crippen LogP contribution in [0.4, 0.5) is 8.78 Å². The molecule has 0 aromatic carbocycles. The summed E-state index contributed by atoms with van der Waals surface area (Å²) in [7, 11) is 1.26. The zero-order chi connectivity index (χ0) is 10.7. The Bertz CT molecular complexity index is 390. The molecule has 0 saturated heterocycles. The van der Waals surface area contributed by atoms with Gasteiger partial charge in [0.05, 0.1) is 18.2 Å². The highest BCUT2D eigenvalue weighted by Gasteiger charge is 2.21. The molecule has 0 radical (unpaired) electrons. The van der Waals surface area contributed by atoms with Crippen LogP contribution in [0.3, 0.4) is 0 Å². The minimum absolute atomic E-state index is 0.127. The van der Waals surface area contributed by atoms with Crippen molar-refractivity contribution < 1.29 is 13.5 Å². The van der Waals surface area contributed by atoms with Crippen molar-refractivity contribution in [2.45, 2.75) is 6.43 Å². The fourth-order valence-corrected chi connectivity index (χ4v) is 1.64. The molecule has 0 aliphatic rings. The van der Waals surface area contributed by atoms with Crippen LogP contribution in [0.15, 0.2) is 6.20 Å². The fraction of sp³-hybridized carbons (Fsp3) is 0.250. The van der Waals surface area contributed by atoms with Crippen LogP contribution < -0.4 is 4.74 Å². The first kappa shape index (κ1) is 11.1. The molecule has 0 atom stereocenters. The maximum atomic E-state index is 12.6. The Morgan fingerprint density at radius 1 is 1.64 bits per heavy atom. The van der Waals surface area contributed by atoms with E-state index in [2.05, 4.69) is 9.72 Å². The number of aromatic nitrogens is 1. The standard InChI is InChI=1S/C8H5F2IN2O/c1-14-8-5(7(9)10)6(11)4(2-12)3-13-8/h3,7H,1H3. The molecule has 0 amide bonds. The third-order valence-electron chi connectivity index (χ3n) is 1.55. The van der Waals surface area contributed by atoms with Gasteiger partial charge in [0.15, 0.2) is 0 Å². The number of rotatable bonds is 2. The molecule has 1 heterocycles. The van der Waals surface area contributed by atoms with Gasteiger partial charge in [0, 0.05) is 9.77 Å². The number of nitrogens with zero attached hydrogens (tertiary/aromatic N) is 2. The molecule has 0 fully saturated rings. The average Bonchev–Trinajstić information content (AvgIpc) is 2.16. The highest BCUT2D eigenvalue weighted by Crippen LogP contribution is 2.32. The Morgan fingerprint density at radius 3 is 2.71 bits per heavy atom. The molecule has 14 heavy (non-hydrogen) atoms. The molecule has 3 nitrogen and oxygen atoms in total. The number of alkyl halides is 2. The van der Waals surface area contributed by atoms with Gasteiger partial charge in [-0.05, 0) is 22.6 Å². The van der Waals surface area contributed by atoms with E-state index in [4.69, 9.17) is 5.26 Å². The summed E-state index contributed by atoms with van der Waals surface area (Å²) < 4.78 is 30.0. The highest BCUT2D eigenvalue weighted by molar-refractivity contribution is 14.1. The van der Waals surface area contributed by atoms with Gasteiger partial charge in [-0.15, -0.1) is 0 Å². The van der Waals surface area contributed by atoms with E-state index in [9.17, 15) is 8.78 Å². The first-order chi connectivity index (χ1) is 6.61. The molecule has 0 saturated carbocycles. The molecule has 0 aliphatic carbocycles. The van der Waals surface area contributed by atoms with Gasteiger partial charge in [-0.3, -0.25) is 0 Å². The summed E-state index contributed by atoms with van der Waals surface area (Å²) >= 11 is 1.68. The zero-order valence-electron chi connectivity index (χ0n) is 7.09. The van der Waals surface area contributed by atoms with E-state index in [0.29, 0.717) is 0 Å². The maximum absolute atomic E-state index is 12.6. The third-order valence-corrected chi connectivity index (χ3v) is 2.71. The Labute approximate surface area is 92.8 Å². The summed E-state index contributed by atoms with van der Waals surface area (Å²) in [4.78, 5) is 3.62. The molecule has 0 N–H and O–H groups in total. The van der Waals surface area contributed by atoms with Crippen LogP contribution in [0.5, 0.6) is 5.88 Å². The minimum Gasteiger partial charge on any atom is -0.481 e. The Morgan fingerprint density at radius 2 is 2.29 bits per heavy atom. The van der Waals surface area contributed by atoms with Crippen LogP contribution in [0.2, 0.25) is 0 Å². The van der Waals surface area contributed by atoms with Crippen molar-refractivity contribution in [3.05, 3.63) is 20.9 Å². The summed E-state index contributed by atoms with van der Waals surface area (Å²) in [5.41, 5.74) is -0.200. The van der Waals surface area contributed by atoms with Gasteiger partial charge in [-0.2, -0.15) is 5.26 Å². The Kier molecular flexibility index (Phi) is 3.57. The number of hydrogen-bond donors (Lipinski definition) is 0. The number of nitriles is 1. The lowest BCUT2D eigenvalue weighted by Crippen LogP contribution is -2.01. The smallest absolute Gasteiger partial charge is 0.270 e. The van der Waals surface area contributed by atoms with Gasteiger partial charge in [-0.25, -0.2) is 13.8 Å². The predicted octanol–water partition coefficient (Wildman–Crippen LogP) is 2.50. The van der Waals surface area contributed by atoms with Crippen molar-refractivity contribution in [2.24, 2.45) is 0 Å². The molecule has 1 rings (SSSR count). The molecular weight excluding hydrogens is 305 g/mol. The fourth-order valence-electron chi connectivity index (χ4n) is 0.918. The SMILES string of the molecule is COc1ncc(C#N)c(I)c1C(F)F. The lowest BCUT2D eigenvalue weighted by Gasteiger charge is -2.08. The first-order valence-corrected chi connectivity index (χ1v) is 4.60. The van der Waals surface area contributed by atoms with Crippen LogP contribution >= 0.6 is 22.6 Å². The van der Waals surface area contributed by atoms with Crippen molar-refractivity contribution in [3.8, 4) is 11.9 Å². The van der Waals surface area contributed by atoms with Gasteiger partial charge in [0.2, 0.25) is 5.88 Å². The van der Waals surface area contributed by atoms with E-state index >= 15 is 0 Å². The largest absolute Gasteiger partial charge is 0.481 e. The third kappa shape index (κ3) is 1.92. The molecule has 0 bridgehead atoms. The van der Waals surface area contributed by atoms with E-state index in [1.54, 1.807) is 28.7 Å². The number of ether oxygens (including phenoxy) is 1. The van der Waals surface area contributed by atoms with E-state index in [1.807, 2.05) is 0 Å². The summed E-state index contributed by atoms with van der Waals surface area (Å²) in [6, 6.07) is 1.78. The normalized spacial score (nSPS) is 10.0. The lowest BCUT2D eigenvalue weighted by molar-refractivity contribution is 0.145. The van der Waals surface area contributed by atoms with Gasteiger partial charge in [0.25, 0.3) is 6.43 Å². The molecule has 0 spiro atoms. The van der Waals surface area contributed by atoms with Crippen LogP contribution in [-0.4, -0.2) is 12.1 Å². The molecular formula is C8H5F2IN2O. The van der Waals surface area contributed by atoms with Gasteiger partial charge in [0.1, 0.15) is 6.07 Å². The quantitative estimate of drug-likeness (QED) is 0.789. The van der Waals surface area contributed by atoms with Crippen molar-refractivity contribution in [2.75, 3.05) is 7.11 Å². The molecule has 1 aromatic rings. The lowest BCUT2D eigenvalue weighted by atomic mass is 10.2. The summed E-state index contributed by atoms with van der Waals surface area (Å²) in [5, 5.41) is 8.61. The second-order valence-corrected chi connectivity index (χ2v) is 3.40. The van der Waals surface area contributed by atoms with Crippen molar-refractivity contribution in [3.63, 3.8) is 0 Å². The zero-order valence-corrected chi connectivity index (χ0v) is 9.25. The van der Waals surface area contributed by atoms with Crippen molar-refractivity contribution >= 4 is 22.6 Å². The van der Waals surface area contributed by atoms with E-state index in [-0.39, 0.29) is 20.6 Å².